The van der Waals surface area contributed by atoms with Crippen molar-refractivity contribution in [2.75, 3.05) is 11.9 Å². The summed E-state index contributed by atoms with van der Waals surface area (Å²) in [6, 6.07) is 0. The van der Waals surface area contributed by atoms with E-state index in [1.54, 1.807) is 0 Å². The molecule has 1 saturated carbocycles. The fourth-order valence-electron chi connectivity index (χ4n) is 2.40. The number of halogens is 1. The molecule has 0 spiro atoms. The zero-order valence-corrected chi connectivity index (χ0v) is 11.6. The second kappa shape index (κ2) is 6.85. The van der Waals surface area contributed by atoms with Crippen molar-refractivity contribution in [3.05, 3.63) is 21.6 Å². The maximum absolute atomic E-state index is 10.9. The Bertz CT molecular complexity index is 483. The molecular formula is C11H15BClN4O3. The Morgan fingerprint density at radius 1 is 1.50 bits per heavy atom. The molecule has 1 aliphatic rings. The normalized spacial score (nSPS) is 22.3. The van der Waals surface area contributed by atoms with Gasteiger partial charge in [-0.15, -0.1) is 0 Å². The molecule has 0 bridgehead atoms. The average molecular weight is 298 g/mol. The molecule has 0 atom stereocenters. The number of hydrogen-bond donors (Lipinski definition) is 2. The molecule has 2 N–H and O–H groups in total. The fourth-order valence-corrected chi connectivity index (χ4v) is 2.53. The van der Waals surface area contributed by atoms with E-state index in [4.69, 9.17) is 16.6 Å². The van der Waals surface area contributed by atoms with Crippen molar-refractivity contribution >= 4 is 30.6 Å². The standard InChI is InChI=1S/C11H15BClN4O3/c13-11-15-6-9(17(19)20)10(16-11)14-5-7-1-3-8(12-18)4-2-7/h6-8,18H,1-5H2,(H,14,15,16). The Morgan fingerprint density at radius 2 is 2.20 bits per heavy atom. The van der Waals surface area contributed by atoms with Crippen LogP contribution in [0.3, 0.4) is 0 Å². The third kappa shape index (κ3) is 3.80. The van der Waals surface area contributed by atoms with Crippen LogP contribution in [0.1, 0.15) is 25.7 Å². The topological polar surface area (TPSA) is 101 Å². The summed E-state index contributed by atoms with van der Waals surface area (Å²) >= 11 is 5.66. The van der Waals surface area contributed by atoms with Gasteiger partial charge < -0.3 is 10.3 Å². The molecule has 0 aromatic carbocycles. The minimum Gasteiger partial charge on any atom is -0.454 e. The maximum atomic E-state index is 10.9. The monoisotopic (exact) mass is 297 g/mol. The molecule has 20 heavy (non-hydrogen) atoms. The van der Waals surface area contributed by atoms with Crippen molar-refractivity contribution in [2.24, 2.45) is 5.92 Å². The van der Waals surface area contributed by atoms with Gasteiger partial charge in [-0.25, -0.2) is 4.98 Å². The Kier molecular flexibility index (Phi) is 5.14. The van der Waals surface area contributed by atoms with Gasteiger partial charge in [0.25, 0.3) is 7.48 Å². The lowest BCUT2D eigenvalue weighted by Gasteiger charge is -2.26. The van der Waals surface area contributed by atoms with Gasteiger partial charge in [0.1, 0.15) is 6.20 Å². The quantitative estimate of drug-likeness (QED) is 0.373. The predicted octanol–water partition coefficient (Wildman–Crippen LogP) is 2.04. The number of nitro groups is 1. The van der Waals surface area contributed by atoms with Crippen molar-refractivity contribution in [1.29, 1.82) is 0 Å². The van der Waals surface area contributed by atoms with Crippen molar-refractivity contribution in [3.8, 4) is 0 Å². The van der Waals surface area contributed by atoms with Crippen molar-refractivity contribution in [2.45, 2.75) is 31.5 Å². The molecule has 2 rings (SSSR count). The second-order valence-corrected chi connectivity index (χ2v) is 5.28. The molecule has 107 valence electrons. The van der Waals surface area contributed by atoms with Crippen LogP contribution in [0.5, 0.6) is 0 Å². The van der Waals surface area contributed by atoms with Gasteiger partial charge in [-0.2, -0.15) is 4.98 Å². The molecule has 1 radical (unpaired) electrons. The largest absolute Gasteiger partial charge is 0.454 e. The molecule has 1 aromatic heterocycles. The summed E-state index contributed by atoms with van der Waals surface area (Å²) in [5.41, 5.74) is -0.174. The minimum atomic E-state index is -0.531. The Labute approximate surface area is 122 Å². The van der Waals surface area contributed by atoms with E-state index >= 15 is 0 Å². The molecule has 1 aliphatic carbocycles. The number of rotatable bonds is 5. The van der Waals surface area contributed by atoms with Crippen LogP contribution in [-0.2, 0) is 0 Å². The summed E-state index contributed by atoms with van der Waals surface area (Å²) in [4.78, 5) is 17.8. The van der Waals surface area contributed by atoms with Crippen LogP contribution in [0.4, 0.5) is 11.5 Å². The minimum absolute atomic E-state index is 0.0170. The van der Waals surface area contributed by atoms with E-state index in [2.05, 4.69) is 15.3 Å². The van der Waals surface area contributed by atoms with E-state index in [0.29, 0.717) is 12.5 Å². The number of hydrogen-bond acceptors (Lipinski definition) is 6. The number of aromatic nitrogens is 2. The smallest absolute Gasteiger partial charge is 0.329 e. The molecule has 7 nitrogen and oxygen atoms in total. The summed E-state index contributed by atoms with van der Waals surface area (Å²) in [5, 5.41) is 22.8. The van der Waals surface area contributed by atoms with Crippen LogP contribution in [-0.4, -0.2) is 33.9 Å². The highest BCUT2D eigenvalue weighted by atomic mass is 35.5. The second-order valence-electron chi connectivity index (χ2n) is 4.94. The lowest BCUT2D eigenvalue weighted by molar-refractivity contribution is -0.384. The average Bonchev–Trinajstić information content (AvgIpc) is 2.45. The van der Waals surface area contributed by atoms with E-state index in [1.165, 1.54) is 7.48 Å². The SMILES string of the molecule is O=[N+]([O-])c1cnc(Cl)nc1NCC1CCC([B]O)CC1. The zero-order valence-electron chi connectivity index (χ0n) is 10.8. The van der Waals surface area contributed by atoms with Crippen molar-refractivity contribution < 1.29 is 9.95 Å². The van der Waals surface area contributed by atoms with Crippen LogP contribution in [0.2, 0.25) is 11.1 Å². The summed E-state index contributed by atoms with van der Waals surface area (Å²) in [6.07, 6.45) is 4.93. The van der Waals surface area contributed by atoms with Crippen LogP contribution in [0.15, 0.2) is 6.20 Å². The highest BCUT2D eigenvalue weighted by Gasteiger charge is 2.23. The summed E-state index contributed by atoms with van der Waals surface area (Å²) < 4.78 is 0. The molecule has 1 heterocycles. The maximum Gasteiger partial charge on any atom is 0.329 e. The molecule has 0 aliphatic heterocycles. The molecule has 1 aromatic rings. The van der Waals surface area contributed by atoms with Crippen LogP contribution in [0, 0.1) is 16.0 Å². The van der Waals surface area contributed by atoms with Gasteiger partial charge in [0.2, 0.25) is 11.1 Å². The summed E-state index contributed by atoms with van der Waals surface area (Å²) in [5.74, 6) is 0.847. The number of nitrogens with one attached hydrogen (secondary N) is 1. The van der Waals surface area contributed by atoms with Gasteiger partial charge in [0.05, 0.1) is 4.92 Å². The first-order valence-electron chi connectivity index (χ1n) is 6.48. The number of nitrogens with zero attached hydrogens (tertiary/aromatic N) is 3. The Morgan fingerprint density at radius 3 is 2.80 bits per heavy atom. The van der Waals surface area contributed by atoms with Gasteiger partial charge in [-0.3, -0.25) is 10.1 Å². The van der Waals surface area contributed by atoms with Gasteiger partial charge in [0.15, 0.2) is 0 Å². The third-order valence-corrected chi connectivity index (χ3v) is 3.78. The van der Waals surface area contributed by atoms with Crippen LogP contribution < -0.4 is 5.32 Å². The van der Waals surface area contributed by atoms with Crippen LogP contribution in [0.25, 0.3) is 0 Å². The van der Waals surface area contributed by atoms with E-state index < -0.39 is 4.92 Å². The molecule has 0 saturated heterocycles. The first kappa shape index (κ1) is 15.0. The van der Waals surface area contributed by atoms with E-state index in [-0.39, 0.29) is 22.6 Å². The highest BCUT2D eigenvalue weighted by molar-refractivity contribution is 6.28. The van der Waals surface area contributed by atoms with Gasteiger partial charge in [0, 0.05) is 6.54 Å². The molecule has 0 amide bonds. The number of anilines is 1. The predicted molar refractivity (Wildman–Crippen MR) is 75.9 cm³/mol. The van der Waals surface area contributed by atoms with Crippen molar-refractivity contribution in [1.82, 2.24) is 9.97 Å². The van der Waals surface area contributed by atoms with E-state index in [1.807, 2.05) is 0 Å². The van der Waals surface area contributed by atoms with E-state index in [9.17, 15) is 10.1 Å². The van der Waals surface area contributed by atoms with Gasteiger partial charge >= 0.3 is 5.69 Å². The lowest BCUT2D eigenvalue weighted by atomic mass is 9.68. The Balaban J connectivity index is 1.94. The van der Waals surface area contributed by atoms with Crippen LogP contribution >= 0.6 is 11.6 Å². The van der Waals surface area contributed by atoms with E-state index in [0.717, 1.165) is 31.9 Å². The van der Waals surface area contributed by atoms with Gasteiger partial charge in [-0.05, 0) is 36.2 Å². The Hall–Kier alpha value is -1.41. The molecular weight excluding hydrogens is 282 g/mol. The zero-order chi connectivity index (χ0) is 14.5. The van der Waals surface area contributed by atoms with Crippen molar-refractivity contribution in [3.63, 3.8) is 0 Å². The molecule has 0 unspecified atom stereocenters. The fraction of sp³-hybridized carbons (Fsp3) is 0.636. The molecule has 1 fully saturated rings. The first-order chi connectivity index (χ1) is 9.60. The molecule has 9 heteroatoms. The lowest BCUT2D eigenvalue weighted by Crippen LogP contribution is -2.22. The summed E-state index contributed by atoms with van der Waals surface area (Å²) in [6.45, 7) is 0.604. The third-order valence-electron chi connectivity index (χ3n) is 3.60. The van der Waals surface area contributed by atoms with Gasteiger partial charge in [-0.1, -0.05) is 12.8 Å². The summed E-state index contributed by atoms with van der Waals surface area (Å²) in [7, 11) is 1.26. The highest BCUT2D eigenvalue weighted by Crippen LogP contribution is 2.32. The first-order valence-corrected chi connectivity index (χ1v) is 6.86.